The van der Waals surface area contributed by atoms with E-state index in [4.69, 9.17) is 25.2 Å². The number of fused-ring (bicyclic) bond motifs is 4. The van der Waals surface area contributed by atoms with Gasteiger partial charge in [0.2, 0.25) is 5.43 Å². The molecule has 0 saturated carbocycles. The monoisotopic (exact) mass is 488 g/mol. The van der Waals surface area contributed by atoms with Crippen molar-refractivity contribution >= 4 is 39.5 Å². The number of esters is 1. The number of carbonyl (C=O) groups is 1. The van der Waals surface area contributed by atoms with E-state index in [2.05, 4.69) is 0 Å². The molecule has 0 aliphatic carbocycles. The minimum atomic E-state index is -0.769. The fraction of sp³-hybridized carbons (Fsp3) is 0.0741. The zero-order chi connectivity index (χ0) is 24.3. The van der Waals surface area contributed by atoms with Crippen molar-refractivity contribution in [1.29, 1.82) is 0 Å². The Balaban J connectivity index is 1.59. The predicted octanol–water partition coefficient (Wildman–Crippen LogP) is 5.80. The van der Waals surface area contributed by atoms with E-state index >= 15 is 0 Å². The third kappa shape index (κ3) is 3.43. The van der Waals surface area contributed by atoms with Crippen molar-refractivity contribution in [2.45, 2.75) is 12.3 Å². The van der Waals surface area contributed by atoms with Crippen molar-refractivity contribution in [2.24, 2.45) is 0 Å². The molecule has 6 nitrogen and oxygen atoms in total. The van der Waals surface area contributed by atoms with Crippen LogP contribution in [-0.4, -0.2) is 5.97 Å². The Morgan fingerprint density at radius 2 is 1.66 bits per heavy atom. The van der Waals surface area contributed by atoms with Crippen LogP contribution in [0.4, 0.5) is 4.39 Å². The second-order valence-corrected chi connectivity index (χ2v) is 8.67. The molecule has 3 heterocycles. The first-order chi connectivity index (χ1) is 16.9. The van der Waals surface area contributed by atoms with E-state index in [9.17, 15) is 18.8 Å². The molecule has 8 heteroatoms. The Morgan fingerprint density at radius 3 is 2.46 bits per heavy atom. The summed E-state index contributed by atoms with van der Waals surface area (Å²) in [5.41, 5.74) is 1.23. The molecule has 0 bridgehead atoms. The van der Waals surface area contributed by atoms with Crippen LogP contribution in [0.25, 0.3) is 33.1 Å². The highest BCUT2D eigenvalue weighted by atomic mass is 35.5. The van der Waals surface area contributed by atoms with E-state index in [1.165, 1.54) is 55.0 Å². The van der Waals surface area contributed by atoms with Gasteiger partial charge in [-0.3, -0.25) is 14.4 Å². The molecule has 0 fully saturated rings. The molecule has 6 rings (SSSR count). The van der Waals surface area contributed by atoms with Crippen LogP contribution >= 0.6 is 11.6 Å². The highest BCUT2D eigenvalue weighted by Gasteiger charge is 2.34. The fourth-order valence-corrected chi connectivity index (χ4v) is 4.68. The Labute approximate surface area is 201 Å². The third-order valence-electron chi connectivity index (χ3n) is 6.17. The second-order valence-electron chi connectivity index (χ2n) is 8.23. The second kappa shape index (κ2) is 7.92. The van der Waals surface area contributed by atoms with Crippen LogP contribution in [0.1, 0.15) is 23.5 Å². The zero-order valence-electron chi connectivity index (χ0n) is 17.8. The van der Waals surface area contributed by atoms with Gasteiger partial charge in [-0.25, -0.2) is 4.39 Å². The summed E-state index contributed by atoms with van der Waals surface area (Å²) >= 11 is 6.08. The lowest BCUT2D eigenvalue weighted by Gasteiger charge is -2.25. The lowest BCUT2D eigenvalue weighted by atomic mass is 9.85. The Hall–Kier alpha value is -4.23. The third-order valence-corrected chi connectivity index (χ3v) is 6.41. The topological polar surface area (TPSA) is 86.7 Å². The van der Waals surface area contributed by atoms with Crippen LogP contribution in [0.5, 0.6) is 5.75 Å². The molecule has 0 radical (unpaired) electrons. The molecule has 1 aliphatic rings. The van der Waals surface area contributed by atoms with Crippen molar-refractivity contribution in [3.8, 4) is 16.9 Å². The maximum absolute atomic E-state index is 13.4. The average Bonchev–Trinajstić information content (AvgIpc) is 2.85. The largest absolute Gasteiger partial charge is 0.464 e. The molecule has 0 N–H and O–H groups in total. The summed E-state index contributed by atoms with van der Waals surface area (Å²) in [6, 6.07) is 13.2. The van der Waals surface area contributed by atoms with E-state index in [0.717, 1.165) is 0 Å². The molecule has 2 aromatic heterocycles. The van der Waals surface area contributed by atoms with Gasteiger partial charge in [-0.05, 0) is 48.0 Å². The van der Waals surface area contributed by atoms with Crippen LogP contribution in [0.15, 0.2) is 85.5 Å². The molecule has 0 saturated heterocycles. The normalized spacial score (nSPS) is 15.3. The minimum Gasteiger partial charge on any atom is -0.464 e. The van der Waals surface area contributed by atoms with Crippen LogP contribution in [-0.2, 0) is 4.79 Å². The maximum atomic E-state index is 13.4. The summed E-state index contributed by atoms with van der Waals surface area (Å²) in [7, 11) is 0. The highest BCUT2D eigenvalue weighted by Crippen LogP contribution is 2.42. The molecule has 5 aromatic rings. The van der Waals surface area contributed by atoms with E-state index < -0.39 is 17.7 Å². The van der Waals surface area contributed by atoms with E-state index in [0.29, 0.717) is 21.7 Å². The summed E-state index contributed by atoms with van der Waals surface area (Å²) in [6.45, 7) is 0. The molecule has 172 valence electrons. The van der Waals surface area contributed by atoms with Crippen molar-refractivity contribution in [2.75, 3.05) is 0 Å². The highest BCUT2D eigenvalue weighted by molar-refractivity contribution is 6.31. The van der Waals surface area contributed by atoms with Crippen LogP contribution in [0, 0.1) is 5.82 Å². The standard InChI is InChI=1S/C27H14ClFO6/c28-14-3-7-21-18(9-14)26(32)20(12-33-21)17-10-23(30)35-22-8-6-16-25(31)19(11-34-27(16)24(17)22)13-1-4-15(29)5-2-13/h1-9,11-12,17H,10H2/t17-/m1/s1. The number of benzene rings is 3. The number of hydrogen-bond acceptors (Lipinski definition) is 6. The molecular weight excluding hydrogens is 475 g/mol. The van der Waals surface area contributed by atoms with Gasteiger partial charge in [0, 0.05) is 22.1 Å². The van der Waals surface area contributed by atoms with E-state index in [1.54, 1.807) is 12.1 Å². The van der Waals surface area contributed by atoms with Gasteiger partial charge in [-0.1, -0.05) is 23.7 Å². The number of carbonyl (C=O) groups excluding carboxylic acids is 1. The van der Waals surface area contributed by atoms with Crippen molar-refractivity contribution in [1.82, 2.24) is 0 Å². The van der Waals surface area contributed by atoms with Gasteiger partial charge < -0.3 is 13.6 Å². The van der Waals surface area contributed by atoms with Gasteiger partial charge in [-0.15, -0.1) is 0 Å². The SMILES string of the molecule is O=C1C[C@H](c2coc3ccc(Cl)cc3c2=O)c2c(ccc3c(=O)c(-c4ccc(F)cc4)coc23)O1. The lowest BCUT2D eigenvalue weighted by molar-refractivity contribution is -0.135. The summed E-state index contributed by atoms with van der Waals surface area (Å²) in [5, 5.41) is 0.882. The van der Waals surface area contributed by atoms with Crippen LogP contribution in [0.2, 0.25) is 5.02 Å². The smallest absolute Gasteiger partial charge is 0.312 e. The van der Waals surface area contributed by atoms with Crippen molar-refractivity contribution < 1.29 is 22.8 Å². The van der Waals surface area contributed by atoms with Crippen molar-refractivity contribution in [3.05, 3.63) is 110 Å². The first kappa shape index (κ1) is 21.3. The van der Waals surface area contributed by atoms with Crippen LogP contribution in [0.3, 0.4) is 0 Å². The van der Waals surface area contributed by atoms with E-state index in [-0.39, 0.29) is 50.5 Å². The number of ether oxygens (including phenoxy) is 1. The first-order valence-corrected chi connectivity index (χ1v) is 11.0. The number of rotatable bonds is 2. The molecular formula is C27H14ClFO6. The Kier molecular flexibility index (Phi) is 4.82. The van der Waals surface area contributed by atoms with Crippen molar-refractivity contribution in [3.63, 3.8) is 0 Å². The van der Waals surface area contributed by atoms with Gasteiger partial charge in [0.05, 0.1) is 29.0 Å². The summed E-state index contributed by atoms with van der Waals surface area (Å²) in [6.07, 6.45) is 2.45. The molecule has 0 spiro atoms. The Bertz CT molecular complexity index is 1790. The minimum absolute atomic E-state index is 0.146. The number of hydrogen-bond donors (Lipinski definition) is 0. The average molecular weight is 489 g/mol. The fourth-order valence-electron chi connectivity index (χ4n) is 4.51. The molecule has 3 aromatic carbocycles. The molecule has 1 atom stereocenters. The lowest BCUT2D eigenvalue weighted by Crippen LogP contribution is -2.25. The quantitative estimate of drug-likeness (QED) is 0.230. The predicted molar refractivity (Wildman–Crippen MR) is 127 cm³/mol. The molecule has 35 heavy (non-hydrogen) atoms. The zero-order valence-corrected chi connectivity index (χ0v) is 18.6. The summed E-state index contributed by atoms with van der Waals surface area (Å²) in [4.78, 5) is 39.1. The maximum Gasteiger partial charge on any atom is 0.312 e. The van der Waals surface area contributed by atoms with Gasteiger partial charge in [-0.2, -0.15) is 0 Å². The number of halogens is 2. The molecule has 0 amide bonds. The Morgan fingerprint density at radius 1 is 0.857 bits per heavy atom. The van der Waals surface area contributed by atoms with Gasteiger partial charge in [0.15, 0.2) is 5.43 Å². The van der Waals surface area contributed by atoms with Gasteiger partial charge in [0.25, 0.3) is 0 Å². The first-order valence-electron chi connectivity index (χ1n) is 10.7. The van der Waals surface area contributed by atoms with Crippen LogP contribution < -0.4 is 15.6 Å². The van der Waals surface area contributed by atoms with Gasteiger partial charge >= 0.3 is 5.97 Å². The van der Waals surface area contributed by atoms with Gasteiger partial charge in [0.1, 0.15) is 29.0 Å². The molecule has 1 aliphatic heterocycles. The molecule has 0 unspecified atom stereocenters. The van der Waals surface area contributed by atoms with E-state index in [1.807, 2.05) is 0 Å². The summed E-state index contributed by atoms with van der Waals surface area (Å²) in [5.74, 6) is -1.53. The summed E-state index contributed by atoms with van der Waals surface area (Å²) < 4.78 is 30.3.